The Labute approximate surface area is 189 Å². The zero-order valence-electron chi connectivity index (χ0n) is 18.1. The van der Waals surface area contributed by atoms with E-state index in [0.717, 1.165) is 16.3 Å². The van der Waals surface area contributed by atoms with Gasteiger partial charge in [0.1, 0.15) is 24.0 Å². The number of esters is 1. The van der Waals surface area contributed by atoms with Crippen LogP contribution < -0.4 is 15.7 Å². The second-order valence-electron chi connectivity index (χ2n) is 7.56. The smallest absolute Gasteiger partial charge is 0.408 e. The van der Waals surface area contributed by atoms with Crippen LogP contribution in [0.1, 0.15) is 25.3 Å². The quantitative estimate of drug-likeness (QED) is 0.187. The van der Waals surface area contributed by atoms with E-state index in [9.17, 15) is 14.4 Å². The van der Waals surface area contributed by atoms with Crippen molar-refractivity contribution in [3.63, 3.8) is 0 Å². The highest BCUT2D eigenvalue weighted by Gasteiger charge is 2.23. The summed E-state index contributed by atoms with van der Waals surface area (Å²) in [6.07, 6.45) is 0.328. The van der Waals surface area contributed by atoms with Crippen LogP contribution >= 0.6 is 0 Å². The summed E-state index contributed by atoms with van der Waals surface area (Å²) in [5.74, 6) is -0.414. The zero-order valence-corrected chi connectivity index (χ0v) is 18.1. The molecular weight excluding hydrogens is 422 g/mol. The summed E-state index contributed by atoms with van der Waals surface area (Å²) < 4.78 is 16.1. The molecule has 1 atom stereocenters. The molecule has 7 nitrogen and oxygen atoms in total. The van der Waals surface area contributed by atoms with Crippen molar-refractivity contribution in [3.05, 3.63) is 88.8 Å². The molecule has 0 aliphatic carbocycles. The third-order valence-corrected chi connectivity index (χ3v) is 5.18. The van der Waals surface area contributed by atoms with Crippen LogP contribution in [-0.4, -0.2) is 18.1 Å². The average molecular weight is 445 g/mol. The Morgan fingerprint density at radius 3 is 2.42 bits per heavy atom. The third kappa shape index (κ3) is 5.20. The van der Waals surface area contributed by atoms with Crippen LogP contribution in [0.5, 0.6) is 5.75 Å². The van der Waals surface area contributed by atoms with Crippen molar-refractivity contribution in [2.45, 2.75) is 32.4 Å². The topological polar surface area (TPSA) is 94.8 Å². The third-order valence-electron chi connectivity index (χ3n) is 5.18. The molecule has 0 saturated carbocycles. The monoisotopic (exact) mass is 445 g/mol. The fraction of sp³-hybridized carbons (Fsp3) is 0.192. The molecule has 1 N–H and O–H groups in total. The van der Waals surface area contributed by atoms with E-state index in [0.29, 0.717) is 23.8 Å². The molecule has 4 aromatic rings. The fourth-order valence-electron chi connectivity index (χ4n) is 3.56. The van der Waals surface area contributed by atoms with E-state index in [2.05, 4.69) is 5.32 Å². The Bertz CT molecular complexity index is 1350. The van der Waals surface area contributed by atoms with Crippen LogP contribution in [-0.2, 0) is 16.1 Å². The summed E-state index contributed by atoms with van der Waals surface area (Å²) in [6, 6.07) is 20.4. The first-order chi connectivity index (χ1) is 16.0. The average Bonchev–Trinajstić information content (AvgIpc) is 2.83. The number of carbonyl (C=O) groups is 2. The first-order valence-corrected chi connectivity index (χ1v) is 10.7. The molecule has 1 amide bonds. The van der Waals surface area contributed by atoms with Gasteiger partial charge in [0.2, 0.25) is 0 Å². The highest BCUT2D eigenvalue weighted by molar-refractivity contribution is 6.04. The fourth-order valence-corrected chi connectivity index (χ4v) is 3.56. The molecule has 0 bridgehead atoms. The van der Waals surface area contributed by atoms with Crippen LogP contribution in [0, 0.1) is 0 Å². The summed E-state index contributed by atoms with van der Waals surface area (Å²) in [4.78, 5) is 37.2. The SMILES string of the molecule is CCCC(NC(=O)OCc1ccccc1)C(=O)Oc1ccc2c(c1)oc(=O)c1ccccc12. The minimum Gasteiger partial charge on any atom is -0.445 e. The summed E-state index contributed by atoms with van der Waals surface area (Å²) in [6.45, 7) is 1.99. The van der Waals surface area contributed by atoms with Crippen molar-refractivity contribution in [2.75, 3.05) is 0 Å². The van der Waals surface area contributed by atoms with E-state index < -0.39 is 23.7 Å². The van der Waals surface area contributed by atoms with Crippen molar-refractivity contribution in [2.24, 2.45) is 0 Å². The van der Waals surface area contributed by atoms with Crippen LogP contribution in [0.2, 0.25) is 0 Å². The molecule has 1 unspecified atom stereocenters. The Morgan fingerprint density at radius 2 is 1.67 bits per heavy atom. The minimum atomic E-state index is -0.877. The molecule has 0 saturated heterocycles. The maximum Gasteiger partial charge on any atom is 0.408 e. The molecule has 4 rings (SSSR count). The number of fused-ring (bicyclic) bond motifs is 3. The number of nitrogens with one attached hydrogen (secondary N) is 1. The van der Waals surface area contributed by atoms with Crippen molar-refractivity contribution < 1.29 is 23.5 Å². The number of amides is 1. The van der Waals surface area contributed by atoms with Crippen LogP contribution in [0.15, 0.2) is 82.0 Å². The van der Waals surface area contributed by atoms with Crippen molar-refractivity contribution in [1.29, 1.82) is 0 Å². The van der Waals surface area contributed by atoms with Gasteiger partial charge in [-0.05, 0) is 35.6 Å². The van der Waals surface area contributed by atoms with Crippen LogP contribution in [0.25, 0.3) is 21.7 Å². The molecule has 0 radical (unpaired) electrons. The van der Waals surface area contributed by atoms with Crippen molar-refractivity contribution in [3.8, 4) is 5.75 Å². The highest BCUT2D eigenvalue weighted by Crippen LogP contribution is 2.26. The van der Waals surface area contributed by atoms with Crippen LogP contribution in [0.4, 0.5) is 4.79 Å². The van der Waals surface area contributed by atoms with Gasteiger partial charge in [0.15, 0.2) is 0 Å². The van der Waals surface area contributed by atoms with Gasteiger partial charge in [0.25, 0.3) is 0 Å². The number of hydrogen-bond donors (Lipinski definition) is 1. The molecule has 168 valence electrons. The van der Waals surface area contributed by atoms with Gasteiger partial charge in [-0.1, -0.05) is 61.9 Å². The van der Waals surface area contributed by atoms with E-state index in [1.165, 1.54) is 6.07 Å². The highest BCUT2D eigenvalue weighted by atomic mass is 16.6. The van der Waals surface area contributed by atoms with Gasteiger partial charge in [0.05, 0.1) is 5.39 Å². The second kappa shape index (κ2) is 9.99. The molecule has 7 heteroatoms. The first kappa shape index (κ1) is 22.1. The summed E-state index contributed by atoms with van der Waals surface area (Å²) in [5.41, 5.74) is 0.687. The lowest BCUT2D eigenvalue weighted by Crippen LogP contribution is -2.43. The van der Waals surface area contributed by atoms with Gasteiger partial charge in [-0.2, -0.15) is 0 Å². The Hall–Kier alpha value is -4.13. The number of alkyl carbamates (subject to hydrolysis) is 1. The molecular formula is C26H23NO6. The number of rotatable bonds is 7. The number of benzene rings is 3. The maximum atomic E-state index is 12.7. The van der Waals surface area contributed by atoms with Gasteiger partial charge in [0, 0.05) is 11.5 Å². The van der Waals surface area contributed by atoms with Gasteiger partial charge >= 0.3 is 17.7 Å². The minimum absolute atomic E-state index is 0.0955. The molecule has 0 fully saturated rings. The lowest BCUT2D eigenvalue weighted by atomic mass is 10.1. The zero-order chi connectivity index (χ0) is 23.2. The molecule has 1 heterocycles. The van der Waals surface area contributed by atoms with E-state index in [4.69, 9.17) is 13.9 Å². The standard InChI is InChI=1S/C26H23NO6/c1-2-8-22(27-26(30)31-16-17-9-4-3-5-10-17)25(29)32-18-13-14-20-19-11-6-7-12-21(19)24(28)33-23(20)15-18/h3-7,9-15,22H,2,8,16H2,1H3,(H,27,30). The predicted molar refractivity (Wildman–Crippen MR) is 124 cm³/mol. The molecule has 1 aromatic heterocycles. The normalized spacial score (nSPS) is 11.8. The number of ether oxygens (including phenoxy) is 2. The molecule has 0 aliphatic heterocycles. The largest absolute Gasteiger partial charge is 0.445 e. The van der Waals surface area contributed by atoms with E-state index in [1.807, 2.05) is 49.4 Å². The van der Waals surface area contributed by atoms with Gasteiger partial charge in [-0.25, -0.2) is 14.4 Å². The molecule has 0 aliphatic rings. The van der Waals surface area contributed by atoms with E-state index in [1.54, 1.807) is 24.3 Å². The second-order valence-corrected chi connectivity index (χ2v) is 7.56. The van der Waals surface area contributed by atoms with E-state index in [-0.39, 0.29) is 12.4 Å². The number of hydrogen-bond acceptors (Lipinski definition) is 6. The van der Waals surface area contributed by atoms with Gasteiger partial charge < -0.3 is 19.2 Å². The molecule has 0 spiro atoms. The Kier molecular flexibility index (Phi) is 6.69. The number of carbonyl (C=O) groups excluding carboxylic acids is 2. The maximum absolute atomic E-state index is 12.7. The Morgan fingerprint density at radius 1 is 0.939 bits per heavy atom. The van der Waals surface area contributed by atoms with Crippen LogP contribution in [0.3, 0.4) is 0 Å². The molecule has 33 heavy (non-hydrogen) atoms. The lowest BCUT2D eigenvalue weighted by molar-refractivity contribution is -0.136. The summed E-state index contributed by atoms with van der Waals surface area (Å²) in [5, 5.41) is 4.54. The van der Waals surface area contributed by atoms with Gasteiger partial charge in [-0.3, -0.25) is 0 Å². The molecule has 3 aromatic carbocycles. The summed E-state index contributed by atoms with van der Waals surface area (Å²) in [7, 11) is 0. The lowest BCUT2D eigenvalue weighted by Gasteiger charge is -2.17. The Balaban J connectivity index is 1.46. The van der Waals surface area contributed by atoms with E-state index >= 15 is 0 Å². The summed E-state index contributed by atoms with van der Waals surface area (Å²) >= 11 is 0. The van der Waals surface area contributed by atoms with Crippen molar-refractivity contribution >= 4 is 33.8 Å². The predicted octanol–water partition coefficient (Wildman–Crippen LogP) is 4.95. The van der Waals surface area contributed by atoms with Crippen molar-refractivity contribution in [1.82, 2.24) is 5.32 Å². The first-order valence-electron chi connectivity index (χ1n) is 10.7. The van der Waals surface area contributed by atoms with Gasteiger partial charge in [-0.15, -0.1) is 0 Å².